The Morgan fingerprint density at radius 1 is 1.17 bits per heavy atom. The third-order valence-corrected chi connectivity index (χ3v) is 5.50. The van der Waals surface area contributed by atoms with Crippen molar-refractivity contribution in [2.24, 2.45) is 0 Å². The number of carbonyl (C=O) groups excluding carboxylic acids is 1. The molecule has 1 amide bonds. The van der Waals surface area contributed by atoms with Crippen molar-refractivity contribution in [2.45, 2.75) is 25.7 Å². The van der Waals surface area contributed by atoms with Crippen molar-refractivity contribution in [3.05, 3.63) is 71.8 Å². The van der Waals surface area contributed by atoms with E-state index in [2.05, 4.69) is 15.2 Å². The number of nitrogens with zero attached hydrogens (tertiary/aromatic N) is 5. The highest BCUT2D eigenvalue weighted by Gasteiger charge is 2.31. The second-order valence-corrected chi connectivity index (χ2v) is 7.52. The maximum Gasteiger partial charge on any atom is 0.272 e. The molecule has 0 aliphatic carbocycles. The average molecular weight is 405 g/mol. The van der Waals surface area contributed by atoms with Crippen LogP contribution in [0.1, 0.15) is 40.8 Å². The predicted octanol–water partition coefficient (Wildman–Crippen LogP) is 3.85. The van der Waals surface area contributed by atoms with E-state index >= 15 is 0 Å². The minimum absolute atomic E-state index is 0.0381. The molecule has 1 saturated heterocycles. The van der Waals surface area contributed by atoms with Crippen LogP contribution in [0.2, 0.25) is 0 Å². The Bertz CT molecular complexity index is 1210. The number of imidazole rings is 1. The summed E-state index contributed by atoms with van der Waals surface area (Å²) in [6, 6.07) is 11.6. The predicted molar refractivity (Wildman–Crippen MR) is 107 cm³/mol. The third kappa shape index (κ3) is 3.24. The number of amides is 1. The Labute approximate surface area is 172 Å². The molecular formula is C22H20FN5O2. The van der Waals surface area contributed by atoms with Crippen LogP contribution in [0.25, 0.3) is 17.1 Å². The van der Waals surface area contributed by atoms with Crippen LogP contribution in [0.15, 0.2) is 53.1 Å². The lowest BCUT2D eigenvalue weighted by atomic mass is 9.97. The van der Waals surface area contributed by atoms with Gasteiger partial charge in [-0.25, -0.2) is 9.37 Å². The Hall–Kier alpha value is -3.55. The molecule has 3 aromatic heterocycles. The SMILES string of the molecule is Cc1nc2ccccn2c1C(=O)N1CCCC(c2nnc(-c3ccc(F)cc3)o2)C1. The fraction of sp³-hybridized carbons (Fsp3) is 0.273. The molecule has 30 heavy (non-hydrogen) atoms. The van der Waals surface area contributed by atoms with Gasteiger partial charge >= 0.3 is 0 Å². The molecule has 1 fully saturated rings. The van der Waals surface area contributed by atoms with E-state index in [-0.39, 0.29) is 17.6 Å². The van der Waals surface area contributed by atoms with E-state index in [0.29, 0.717) is 41.8 Å². The lowest BCUT2D eigenvalue weighted by molar-refractivity contribution is 0.0690. The number of halogens is 1. The van der Waals surface area contributed by atoms with Crippen molar-refractivity contribution in [2.75, 3.05) is 13.1 Å². The van der Waals surface area contributed by atoms with Gasteiger partial charge in [-0.05, 0) is 56.2 Å². The highest BCUT2D eigenvalue weighted by Crippen LogP contribution is 2.29. The minimum Gasteiger partial charge on any atom is -0.420 e. The summed E-state index contributed by atoms with van der Waals surface area (Å²) in [6.07, 6.45) is 3.57. The molecule has 7 nitrogen and oxygen atoms in total. The van der Waals surface area contributed by atoms with E-state index in [9.17, 15) is 9.18 Å². The summed E-state index contributed by atoms with van der Waals surface area (Å²) < 4.78 is 20.8. The first-order valence-corrected chi connectivity index (χ1v) is 9.92. The van der Waals surface area contributed by atoms with Gasteiger partial charge in [0.2, 0.25) is 11.8 Å². The molecule has 0 spiro atoms. The highest BCUT2D eigenvalue weighted by molar-refractivity contribution is 5.94. The summed E-state index contributed by atoms with van der Waals surface area (Å²) in [5.74, 6) is 0.452. The lowest BCUT2D eigenvalue weighted by Gasteiger charge is -2.31. The summed E-state index contributed by atoms with van der Waals surface area (Å²) in [7, 11) is 0. The lowest BCUT2D eigenvalue weighted by Crippen LogP contribution is -2.40. The highest BCUT2D eigenvalue weighted by atomic mass is 19.1. The molecule has 1 aromatic carbocycles. The van der Waals surface area contributed by atoms with Crippen LogP contribution >= 0.6 is 0 Å². The summed E-state index contributed by atoms with van der Waals surface area (Å²) in [6.45, 7) is 3.03. The number of hydrogen-bond donors (Lipinski definition) is 0. The standard InChI is InChI=1S/C22H20FN5O2/c1-14-19(28-12-3-2-6-18(28)24-14)22(29)27-11-4-5-16(13-27)21-26-25-20(30-21)15-7-9-17(23)10-8-15/h2-3,6-10,12,16H,4-5,11,13H2,1H3. The zero-order chi connectivity index (χ0) is 20.7. The van der Waals surface area contributed by atoms with Crippen LogP contribution in [0.4, 0.5) is 4.39 Å². The van der Waals surface area contributed by atoms with Crippen molar-refractivity contribution in [1.29, 1.82) is 0 Å². The van der Waals surface area contributed by atoms with E-state index in [0.717, 1.165) is 18.5 Å². The van der Waals surface area contributed by atoms with Gasteiger partial charge in [0.05, 0.1) is 11.6 Å². The van der Waals surface area contributed by atoms with Gasteiger partial charge in [0, 0.05) is 24.8 Å². The van der Waals surface area contributed by atoms with Crippen molar-refractivity contribution in [3.63, 3.8) is 0 Å². The molecule has 0 N–H and O–H groups in total. The van der Waals surface area contributed by atoms with E-state index in [1.165, 1.54) is 12.1 Å². The van der Waals surface area contributed by atoms with E-state index < -0.39 is 0 Å². The number of benzene rings is 1. The second kappa shape index (κ2) is 7.37. The van der Waals surface area contributed by atoms with Gasteiger partial charge in [0.1, 0.15) is 17.2 Å². The van der Waals surface area contributed by atoms with Crippen molar-refractivity contribution >= 4 is 11.6 Å². The van der Waals surface area contributed by atoms with Gasteiger partial charge in [0.25, 0.3) is 5.91 Å². The zero-order valence-electron chi connectivity index (χ0n) is 16.5. The van der Waals surface area contributed by atoms with Crippen LogP contribution in [0.3, 0.4) is 0 Å². The first-order valence-electron chi connectivity index (χ1n) is 9.92. The van der Waals surface area contributed by atoms with E-state index in [1.807, 2.05) is 40.6 Å². The number of aromatic nitrogens is 4. The first-order chi connectivity index (χ1) is 14.6. The number of hydrogen-bond acceptors (Lipinski definition) is 5. The summed E-state index contributed by atoms with van der Waals surface area (Å²) in [5.41, 5.74) is 2.72. The number of pyridine rings is 1. The second-order valence-electron chi connectivity index (χ2n) is 7.52. The molecule has 1 aliphatic heterocycles. The van der Waals surface area contributed by atoms with E-state index in [1.54, 1.807) is 12.1 Å². The molecule has 4 aromatic rings. The van der Waals surface area contributed by atoms with Gasteiger partial charge in [0.15, 0.2) is 0 Å². The molecule has 1 aliphatic rings. The van der Waals surface area contributed by atoms with Crippen LogP contribution in [0, 0.1) is 12.7 Å². The largest absolute Gasteiger partial charge is 0.420 e. The van der Waals surface area contributed by atoms with Gasteiger partial charge in [-0.15, -0.1) is 10.2 Å². The van der Waals surface area contributed by atoms with Crippen molar-refractivity contribution in [1.82, 2.24) is 24.5 Å². The van der Waals surface area contributed by atoms with E-state index in [4.69, 9.17) is 4.42 Å². The quantitative estimate of drug-likeness (QED) is 0.517. The van der Waals surface area contributed by atoms with Gasteiger partial charge in [-0.1, -0.05) is 6.07 Å². The molecule has 4 heterocycles. The first kappa shape index (κ1) is 18.5. The summed E-state index contributed by atoms with van der Waals surface area (Å²) >= 11 is 0. The van der Waals surface area contributed by atoms with Crippen LogP contribution in [-0.4, -0.2) is 43.5 Å². The number of piperidine rings is 1. The summed E-state index contributed by atoms with van der Waals surface area (Å²) in [4.78, 5) is 19.6. The van der Waals surface area contributed by atoms with Crippen LogP contribution < -0.4 is 0 Å². The topological polar surface area (TPSA) is 76.5 Å². The molecular weight excluding hydrogens is 385 g/mol. The van der Waals surface area contributed by atoms with Crippen LogP contribution in [-0.2, 0) is 0 Å². The Kier molecular flexibility index (Phi) is 4.54. The monoisotopic (exact) mass is 405 g/mol. The molecule has 5 rings (SSSR count). The Balaban J connectivity index is 1.38. The number of fused-ring (bicyclic) bond motifs is 1. The Morgan fingerprint density at radius 3 is 2.83 bits per heavy atom. The molecule has 1 atom stereocenters. The zero-order valence-corrected chi connectivity index (χ0v) is 16.5. The molecule has 1 unspecified atom stereocenters. The normalized spacial score (nSPS) is 16.9. The minimum atomic E-state index is -0.317. The fourth-order valence-corrected chi connectivity index (χ4v) is 3.99. The molecule has 0 radical (unpaired) electrons. The summed E-state index contributed by atoms with van der Waals surface area (Å²) in [5, 5.41) is 8.31. The van der Waals surface area contributed by atoms with Gasteiger partial charge in [-0.2, -0.15) is 0 Å². The third-order valence-electron chi connectivity index (χ3n) is 5.50. The number of rotatable bonds is 3. The molecule has 0 bridgehead atoms. The fourth-order valence-electron chi connectivity index (χ4n) is 3.99. The van der Waals surface area contributed by atoms with Gasteiger partial charge < -0.3 is 9.32 Å². The molecule has 152 valence electrons. The number of aryl methyl sites for hydroxylation is 1. The number of likely N-dealkylation sites (tertiary alicyclic amines) is 1. The van der Waals surface area contributed by atoms with Crippen molar-refractivity contribution < 1.29 is 13.6 Å². The Morgan fingerprint density at radius 2 is 2.00 bits per heavy atom. The smallest absolute Gasteiger partial charge is 0.272 e. The maximum absolute atomic E-state index is 13.3. The number of carbonyl (C=O) groups is 1. The van der Waals surface area contributed by atoms with Crippen LogP contribution in [0.5, 0.6) is 0 Å². The molecule has 8 heteroatoms. The van der Waals surface area contributed by atoms with Crippen molar-refractivity contribution in [3.8, 4) is 11.5 Å². The maximum atomic E-state index is 13.3. The molecule has 0 saturated carbocycles. The average Bonchev–Trinajstić information content (AvgIpc) is 3.38. The van der Waals surface area contributed by atoms with Gasteiger partial charge in [-0.3, -0.25) is 9.20 Å².